The van der Waals surface area contributed by atoms with E-state index in [0.717, 1.165) is 47.9 Å². The van der Waals surface area contributed by atoms with Gasteiger partial charge in [0, 0.05) is 12.1 Å². The van der Waals surface area contributed by atoms with E-state index in [-0.39, 0.29) is 6.04 Å². The number of methoxy groups -OCH3 is 2. The molecule has 0 spiro atoms. The molecule has 0 saturated heterocycles. The molecule has 2 aliphatic rings. The van der Waals surface area contributed by atoms with Crippen LogP contribution < -0.4 is 24.3 Å². The molecule has 0 aromatic heterocycles. The van der Waals surface area contributed by atoms with Crippen molar-refractivity contribution in [2.45, 2.75) is 18.9 Å². The van der Waals surface area contributed by atoms with E-state index >= 15 is 0 Å². The summed E-state index contributed by atoms with van der Waals surface area (Å²) < 4.78 is 21.9. The molecule has 5 heteroatoms. The number of hydrogen-bond acceptors (Lipinski definition) is 5. The summed E-state index contributed by atoms with van der Waals surface area (Å²) >= 11 is 0. The van der Waals surface area contributed by atoms with Crippen LogP contribution in [0.4, 0.5) is 0 Å². The average Bonchev–Trinajstić information content (AvgIpc) is 3.08. The summed E-state index contributed by atoms with van der Waals surface area (Å²) in [4.78, 5) is 0. The number of fused-ring (bicyclic) bond motifs is 2. The Morgan fingerprint density at radius 3 is 2.71 bits per heavy atom. The molecule has 0 radical (unpaired) electrons. The summed E-state index contributed by atoms with van der Waals surface area (Å²) in [7, 11) is 3.36. The standard InChI is InChI=1S/C19H21NO4/c1-21-14-4-3-13(17(9-14)22-2)7-16-15-10-19-18(23-11-24-19)8-12(15)5-6-20-16/h3-4,8-10,16,20H,5-7,11H2,1-2H3/t16-/m1/s1. The van der Waals surface area contributed by atoms with Crippen molar-refractivity contribution in [2.24, 2.45) is 0 Å². The van der Waals surface area contributed by atoms with Crippen molar-refractivity contribution in [1.82, 2.24) is 5.32 Å². The minimum absolute atomic E-state index is 0.227. The van der Waals surface area contributed by atoms with Gasteiger partial charge >= 0.3 is 0 Å². The van der Waals surface area contributed by atoms with Gasteiger partial charge in [-0.25, -0.2) is 0 Å². The fourth-order valence-electron chi connectivity index (χ4n) is 3.45. The van der Waals surface area contributed by atoms with Crippen LogP contribution >= 0.6 is 0 Å². The normalized spacial score (nSPS) is 18.2. The second-order valence-electron chi connectivity index (χ2n) is 6.04. The fourth-order valence-corrected chi connectivity index (χ4v) is 3.45. The van der Waals surface area contributed by atoms with Crippen LogP contribution in [-0.2, 0) is 12.8 Å². The summed E-state index contributed by atoms with van der Waals surface area (Å²) in [5.74, 6) is 3.35. The zero-order chi connectivity index (χ0) is 16.5. The fraction of sp³-hybridized carbons (Fsp3) is 0.368. The van der Waals surface area contributed by atoms with Gasteiger partial charge in [0.2, 0.25) is 6.79 Å². The SMILES string of the molecule is COc1ccc(C[C@H]2NCCc3cc4c(cc32)OCO4)c(OC)c1. The molecule has 0 bridgehead atoms. The number of hydrogen-bond donors (Lipinski definition) is 1. The molecular formula is C19H21NO4. The Balaban J connectivity index is 1.65. The number of rotatable bonds is 4. The van der Waals surface area contributed by atoms with Gasteiger partial charge < -0.3 is 24.3 Å². The van der Waals surface area contributed by atoms with Gasteiger partial charge in [-0.2, -0.15) is 0 Å². The highest BCUT2D eigenvalue weighted by Gasteiger charge is 2.25. The largest absolute Gasteiger partial charge is 0.497 e. The first kappa shape index (κ1) is 15.1. The molecule has 0 saturated carbocycles. The minimum Gasteiger partial charge on any atom is -0.497 e. The minimum atomic E-state index is 0.227. The van der Waals surface area contributed by atoms with Crippen LogP contribution in [0.15, 0.2) is 30.3 Å². The molecule has 2 heterocycles. The summed E-state index contributed by atoms with van der Waals surface area (Å²) in [6.45, 7) is 1.26. The van der Waals surface area contributed by atoms with Crippen LogP contribution in [0.5, 0.6) is 23.0 Å². The molecule has 1 atom stereocenters. The molecule has 24 heavy (non-hydrogen) atoms. The lowest BCUT2D eigenvalue weighted by Crippen LogP contribution is -2.31. The van der Waals surface area contributed by atoms with Gasteiger partial charge in [-0.1, -0.05) is 6.07 Å². The van der Waals surface area contributed by atoms with Gasteiger partial charge in [0.05, 0.1) is 14.2 Å². The van der Waals surface area contributed by atoms with E-state index in [0.29, 0.717) is 6.79 Å². The quantitative estimate of drug-likeness (QED) is 0.936. The Labute approximate surface area is 141 Å². The lowest BCUT2D eigenvalue weighted by Gasteiger charge is -2.28. The molecule has 2 aromatic carbocycles. The molecular weight excluding hydrogens is 306 g/mol. The first-order valence-corrected chi connectivity index (χ1v) is 8.15. The summed E-state index contributed by atoms with van der Waals surface area (Å²) in [6, 6.07) is 10.4. The number of nitrogens with one attached hydrogen (secondary N) is 1. The van der Waals surface area contributed by atoms with Gasteiger partial charge in [0.15, 0.2) is 11.5 Å². The molecule has 1 N–H and O–H groups in total. The summed E-state index contributed by atoms with van der Waals surface area (Å²) in [6.07, 6.45) is 1.85. The molecule has 0 amide bonds. The van der Waals surface area contributed by atoms with Crippen molar-refractivity contribution in [3.05, 3.63) is 47.0 Å². The summed E-state index contributed by atoms with van der Waals surface area (Å²) in [5, 5.41) is 3.61. The molecule has 0 fully saturated rings. The third-order valence-electron chi connectivity index (χ3n) is 4.71. The molecule has 2 aliphatic heterocycles. The summed E-state index contributed by atoms with van der Waals surface area (Å²) in [5.41, 5.74) is 3.76. The second kappa shape index (κ2) is 6.24. The second-order valence-corrected chi connectivity index (χ2v) is 6.04. The van der Waals surface area contributed by atoms with Gasteiger partial charge in [0.25, 0.3) is 0 Å². The van der Waals surface area contributed by atoms with Crippen molar-refractivity contribution >= 4 is 0 Å². The van der Waals surface area contributed by atoms with E-state index in [9.17, 15) is 0 Å². The number of ether oxygens (including phenoxy) is 4. The molecule has 126 valence electrons. The highest BCUT2D eigenvalue weighted by molar-refractivity contribution is 5.51. The van der Waals surface area contributed by atoms with Crippen LogP contribution in [-0.4, -0.2) is 27.6 Å². The maximum Gasteiger partial charge on any atom is 0.231 e. The van der Waals surface area contributed by atoms with E-state index in [4.69, 9.17) is 18.9 Å². The van der Waals surface area contributed by atoms with Crippen molar-refractivity contribution in [3.63, 3.8) is 0 Å². The van der Waals surface area contributed by atoms with Crippen LogP contribution in [0, 0.1) is 0 Å². The molecule has 5 nitrogen and oxygen atoms in total. The first-order valence-electron chi connectivity index (χ1n) is 8.15. The molecule has 0 unspecified atom stereocenters. The highest BCUT2D eigenvalue weighted by atomic mass is 16.7. The molecule has 4 rings (SSSR count). The van der Waals surface area contributed by atoms with E-state index in [1.807, 2.05) is 12.1 Å². The van der Waals surface area contributed by atoms with Gasteiger partial charge in [-0.05, 0) is 54.3 Å². The highest BCUT2D eigenvalue weighted by Crippen LogP contribution is 2.39. The molecule has 0 aliphatic carbocycles. The van der Waals surface area contributed by atoms with Gasteiger partial charge in [-0.3, -0.25) is 0 Å². The third-order valence-corrected chi connectivity index (χ3v) is 4.71. The maximum absolute atomic E-state index is 5.55. The monoisotopic (exact) mass is 327 g/mol. The zero-order valence-electron chi connectivity index (χ0n) is 13.9. The van der Waals surface area contributed by atoms with Crippen molar-refractivity contribution in [3.8, 4) is 23.0 Å². The predicted octanol–water partition coefficient (Wildman–Crippen LogP) is 2.86. The van der Waals surface area contributed by atoms with E-state index < -0.39 is 0 Å². The van der Waals surface area contributed by atoms with Crippen LogP contribution in [0.3, 0.4) is 0 Å². The van der Waals surface area contributed by atoms with Crippen LogP contribution in [0.1, 0.15) is 22.7 Å². The Bertz CT molecular complexity index is 759. The van der Waals surface area contributed by atoms with Crippen molar-refractivity contribution in [1.29, 1.82) is 0 Å². The Kier molecular flexibility index (Phi) is 3.94. The lowest BCUT2D eigenvalue weighted by molar-refractivity contribution is 0.174. The smallest absolute Gasteiger partial charge is 0.231 e. The molecule has 2 aromatic rings. The third kappa shape index (κ3) is 2.65. The zero-order valence-corrected chi connectivity index (χ0v) is 13.9. The van der Waals surface area contributed by atoms with Crippen molar-refractivity contribution in [2.75, 3.05) is 27.6 Å². The number of benzene rings is 2. The van der Waals surface area contributed by atoms with Crippen LogP contribution in [0.25, 0.3) is 0 Å². The van der Waals surface area contributed by atoms with E-state index in [1.165, 1.54) is 11.1 Å². The Hall–Kier alpha value is -2.40. The maximum atomic E-state index is 5.55. The van der Waals surface area contributed by atoms with Crippen molar-refractivity contribution < 1.29 is 18.9 Å². The lowest BCUT2D eigenvalue weighted by atomic mass is 9.89. The van der Waals surface area contributed by atoms with Crippen LogP contribution in [0.2, 0.25) is 0 Å². The topological polar surface area (TPSA) is 49.0 Å². The van der Waals surface area contributed by atoms with Gasteiger partial charge in [-0.15, -0.1) is 0 Å². The van der Waals surface area contributed by atoms with E-state index in [1.54, 1.807) is 14.2 Å². The Morgan fingerprint density at radius 2 is 1.92 bits per heavy atom. The Morgan fingerprint density at radius 1 is 1.08 bits per heavy atom. The predicted molar refractivity (Wildman–Crippen MR) is 90.3 cm³/mol. The first-order chi connectivity index (χ1) is 11.8. The average molecular weight is 327 g/mol. The van der Waals surface area contributed by atoms with E-state index in [2.05, 4.69) is 23.5 Å². The van der Waals surface area contributed by atoms with Gasteiger partial charge in [0.1, 0.15) is 11.5 Å².